The van der Waals surface area contributed by atoms with Crippen LogP contribution in [0.25, 0.3) is 0 Å². The summed E-state index contributed by atoms with van der Waals surface area (Å²) in [4.78, 5) is 41.0. The summed E-state index contributed by atoms with van der Waals surface area (Å²) >= 11 is 0. The first-order chi connectivity index (χ1) is 19.2. The van der Waals surface area contributed by atoms with Crippen LogP contribution in [0.4, 0.5) is 4.79 Å². The second-order valence-electron chi connectivity index (χ2n) is 11.4. The number of ketones is 1. The third-order valence-electron chi connectivity index (χ3n) is 7.69. The maximum absolute atomic E-state index is 13.0. The van der Waals surface area contributed by atoms with E-state index in [4.69, 9.17) is 10.2 Å². The van der Waals surface area contributed by atoms with Crippen LogP contribution >= 0.6 is 0 Å². The lowest BCUT2D eigenvalue weighted by Gasteiger charge is -2.30. The number of hydrogen-bond acceptors (Lipinski definition) is 6. The van der Waals surface area contributed by atoms with Crippen molar-refractivity contribution in [2.75, 3.05) is 46.4 Å². The highest BCUT2D eigenvalue weighted by Crippen LogP contribution is 2.31. The van der Waals surface area contributed by atoms with Crippen LogP contribution in [0, 0.1) is 11.8 Å². The average Bonchev–Trinajstić information content (AvgIpc) is 2.91. The molecule has 0 saturated carbocycles. The van der Waals surface area contributed by atoms with Crippen LogP contribution in [0.2, 0.25) is 6.04 Å². The van der Waals surface area contributed by atoms with Crippen molar-refractivity contribution >= 4 is 27.5 Å². The van der Waals surface area contributed by atoms with Crippen molar-refractivity contribution < 1.29 is 18.8 Å². The van der Waals surface area contributed by atoms with Crippen molar-refractivity contribution in [3.05, 3.63) is 11.6 Å². The summed E-state index contributed by atoms with van der Waals surface area (Å²) in [6.07, 6.45) is 11.7. The van der Waals surface area contributed by atoms with Crippen molar-refractivity contribution in [3.63, 3.8) is 0 Å². The molecule has 3 unspecified atom stereocenters. The number of unbranched alkanes of at least 4 members (excludes halogenated alkanes) is 4. The molecule has 0 aromatic carbocycles. The Morgan fingerprint density at radius 1 is 1.10 bits per heavy atom. The lowest BCUT2D eigenvalue weighted by molar-refractivity contribution is -0.131. The summed E-state index contributed by atoms with van der Waals surface area (Å²) < 4.78 is 5.48. The van der Waals surface area contributed by atoms with E-state index < -0.39 is 15.9 Å². The van der Waals surface area contributed by atoms with Crippen molar-refractivity contribution in [1.82, 2.24) is 20.4 Å². The van der Waals surface area contributed by atoms with Crippen molar-refractivity contribution in [2.45, 2.75) is 104 Å². The van der Waals surface area contributed by atoms with Crippen molar-refractivity contribution in [3.8, 4) is 0 Å². The van der Waals surface area contributed by atoms with Gasteiger partial charge in [0.2, 0.25) is 5.91 Å². The molecule has 1 aliphatic carbocycles. The first-order valence-corrected chi connectivity index (χ1v) is 17.3. The normalized spacial score (nSPS) is 18.0. The Hall–Kier alpha value is -1.75. The summed E-state index contributed by atoms with van der Waals surface area (Å²) in [7, 11) is 1.39. The Bertz CT molecular complexity index is 764. The minimum absolute atomic E-state index is 0.137. The number of nitrogens with two attached hydrogens (primary N) is 1. The van der Waals surface area contributed by atoms with E-state index in [1.165, 1.54) is 5.57 Å². The zero-order valence-electron chi connectivity index (χ0n) is 26.1. The molecule has 3 atom stereocenters. The van der Waals surface area contributed by atoms with E-state index in [-0.39, 0.29) is 17.9 Å². The number of allylic oxidation sites excluding steroid dienone is 2. The zero-order chi connectivity index (χ0) is 29.8. The number of nitrogens with one attached hydrogen (secondary N) is 2. The third-order valence-corrected chi connectivity index (χ3v) is 9.18. The molecule has 0 aliphatic heterocycles. The fraction of sp³-hybridized carbons (Fsp3) is 0.833. The molecule has 0 radical (unpaired) electrons. The van der Waals surface area contributed by atoms with Crippen LogP contribution < -0.4 is 16.4 Å². The molecule has 0 spiro atoms. The highest BCUT2D eigenvalue weighted by molar-refractivity contribution is 6.26. The topological polar surface area (TPSA) is 117 Å². The smallest absolute Gasteiger partial charge is 0.318 e. The second-order valence-corrected chi connectivity index (χ2v) is 12.9. The average molecular weight is 582 g/mol. The van der Waals surface area contributed by atoms with Gasteiger partial charge in [0.25, 0.3) is 0 Å². The molecule has 0 bridgehead atoms. The van der Waals surface area contributed by atoms with Gasteiger partial charge in [-0.15, -0.1) is 0 Å². The number of urea groups is 1. The van der Waals surface area contributed by atoms with Gasteiger partial charge in [0, 0.05) is 51.7 Å². The van der Waals surface area contributed by atoms with Gasteiger partial charge in [0.15, 0.2) is 9.76 Å². The van der Waals surface area contributed by atoms with Gasteiger partial charge in [-0.05, 0) is 78.3 Å². The maximum atomic E-state index is 13.0. The molecular weight excluding hydrogens is 522 g/mol. The monoisotopic (exact) mass is 581 g/mol. The van der Waals surface area contributed by atoms with E-state index in [0.717, 1.165) is 70.4 Å². The van der Waals surface area contributed by atoms with E-state index in [9.17, 15) is 14.4 Å². The molecule has 232 valence electrons. The van der Waals surface area contributed by atoms with Gasteiger partial charge in [-0.3, -0.25) is 9.59 Å². The summed E-state index contributed by atoms with van der Waals surface area (Å²) in [6.45, 7) is 11.3. The minimum atomic E-state index is -0.483. The van der Waals surface area contributed by atoms with Crippen molar-refractivity contribution in [2.24, 2.45) is 17.6 Å². The predicted molar refractivity (Wildman–Crippen MR) is 167 cm³/mol. The first kappa shape index (κ1) is 36.3. The molecule has 0 heterocycles. The van der Waals surface area contributed by atoms with Gasteiger partial charge in [0.1, 0.15) is 5.78 Å². The van der Waals surface area contributed by atoms with Crippen LogP contribution in [-0.4, -0.2) is 89.8 Å². The number of nitrogens with zero attached hydrogens (tertiary/aromatic N) is 2. The molecular formula is C30H59N5O4Si. The van der Waals surface area contributed by atoms with E-state index in [1.54, 1.807) is 18.7 Å². The van der Waals surface area contributed by atoms with Crippen LogP contribution in [0.1, 0.15) is 91.9 Å². The number of hydrogen-bond donors (Lipinski definition) is 3. The Morgan fingerprint density at radius 3 is 2.50 bits per heavy atom. The van der Waals surface area contributed by atoms with Gasteiger partial charge in [-0.1, -0.05) is 37.8 Å². The molecule has 0 aromatic heterocycles. The minimum Gasteiger partial charge on any atom is -0.424 e. The van der Waals surface area contributed by atoms with Gasteiger partial charge in [-0.25, -0.2) is 4.79 Å². The van der Waals surface area contributed by atoms with E-state index >= 15 is 0 Å². The lowest BCUT2D eigenvalue weighted by Crippen LogP contribution is -2.52. The van der Waals surface area contributed by atoms with Crippen LogP contribution in [-0.2, 0) is 14.0 Å². The van der Waals surface area contributed by atoms with Crippen LogP contribution in [0.15, 0.2) is 11.6 Å². The van der Waals surface area contributed by atoms with E-state index in [0.29, 0.717) is 50.8 Å². The quantitative estimate of drug-likeness (QED) is 0.0779. The number of amides is 3. The second kappa shape index (κ2) is 21.9. The third kappa shape index (κ3) is 15.9. The molecule has 4 N–H and O–H groups in total. The van der Waals surface area contributed by atoms with E-state index in [2.05, 4.69) is 23.6 Å². The molecule has 0 saturated heterocycles. The van der Waals surface area contributed by atoms with Crippen LogP contribution in [0.5, 0.6) is 0 Å². The number of Topliss-reactive ketones (excluding diaryl/α,β-unsaturated/α-hetero) is 1. The predicted octanol–water partition coefficient (Wildman–Crippen LogP) is 3.57. The summed E-state index contributed by atoms with van der Waals surface area (Å²) in [5, 5.41) is 6.09. The number of likely N-dealkylation sites (N-methyl/N-ethyl adjacent to an activating group) is 1. The Labute approximate surface area is 246 Å². The van der Waals surface area contributed by atoms with E-state index in [1.807, 2.05) is 18.9 Å². The highest BCUT2D eigenvalue weighted by atomic mass is 28.2. The number of carbonyl (C=O) groups excluding carboxylic acids is 3. The highest BCUT2D eigenvalue weighted by Gasteiger charge is 2.23. The molecule has 0 aromatic rings. The Balaban J connectivity index is 2.37. The fourth-order valence-corrected chi connectivity index (χ4v) is 6.24. The molecule has 10 heteroatoms. The van der Waals surface area contributed by atoms with Gasteiger partial charge in [-0.2, -0.15) is 0 Å². The number of carbonyl (C=O) groups is 3. The molecule has 1 rings (SSSR count). The fourth-order valence-electron chi connectivity index (χ4n) is 5.30. The summed E-state index contributed by atoms with van der Waals surface area (Å²) in [6, 6.07) is 0.863. The molecule has 0 fully saturated rings. The zero-order valence-corrected chi connectivity index (χ0v) is 27.6. The van der Waals surface area contributed by atoms with Gasteiger partial charge >= 0.3 is 6.03 Å². The molecule has 1 aliphatic rings. The standard InChI is InChI=1S/C30H59N5O4Si/c1-6-39-40-20-12-15-33-30(38)35(26(4)31)19-18-34(17-16-32-5)29(37)14-11-9-7-8-10-13-27-21-24(2)22-28(23-27)25(3)36/h21,24,26,28,32H,6-20,22-23,31,40H2,1-5H3,(H,33,38). The molecule has 40 heavy (non-hydrogen) atoms. The Kier molecular flexibility index (Phi) is 19.9. The number of rotatable bonds is 22. The van der Waals surface area contributed by atoms with Crippen LogP contribution in [0.3, 0.4) is 0 Å². The van der Waals surface area contributed by atoms with Gasteiger partial charge < -0.3 is 30.6 Å². The largest absolute Gasteiger partial charge is 0.424 e. The molecule has 9 nitrogen and oxygen atoms in total. The Morgan fingerprint density at radius 2 is 1.82 bits per heavy atom. The summed E-state index contributed by atoms with van der Waals surface area (Å²) in [5.41, 5.74) is 7.55. The SMILES string of the molecule is CCO[SiH2]CCCNC(=O)N(CCN(CCNC)C(=O)CCCCCCCC1=CC(C)CC(C(C)=O)C1)C(C)N. The lowest BCUT2D eigenvalue weighted by atomic mass is 9.80. The maximum Gasteiger partial charge on any atom is 0.318 e. The summed E-state index contributed by atoms with van der Waals surface area (Å²) in [5.74, 6) is 1.17. The molecule has 3 amide bonds. The first-order valence-electron chi connectivity index (χ1n) is 15.7. The van der Waals surface area contributed by atoms with Gasteiger partial charge in [0.05, 0.1) is 6.17 Å². The van der Waals surface area contributed by atoms with Crippen molar-refractivity contribution in [1.29, 1.82) is 0 Å².